The van der Waals surface area contributed by atoms with E-state index in [1.54, 1.807) is 12.1 Å². The molecule has 1 aromatic rings. The van der Waals surface area contributed by atoms with Crippen LogP contribution in [-0.4, -0.2) is 37.0 Å². The smallest absolute Gasteiger partial charge is 0.337 e. The molecular weight excluding hydrogens is 256 g/mol. The minimum Gasteiger partial charge on any atom is -0.465 e. The topological polar surface area (TPSA) is 72.6 Å². The summed E-state index contributed by atoms with van der Waals surface area (Å²) < 4.78 is 4.67. The fourth-order valence-corrected chi connectivity index (χ4v) is 2.55. The predicted octanol–water partition coefficient (Wildman–Crippen LogP) is 1.17. The van der Waals surface area contributed by atoms with Crippen LogP contribution in [0.4, 0.5) is 0 Å². The Morgan fingerprint density at radius 2 is 2.05 bits per heavy atom. The van der Waals surface area contributed by atoms with Gasteiger partial charge in [-0.05, 0) is 37.1 Å². The van der Waals surface area contributed by atoms with Crippen LogP contribution >= 0.6 is 0 Å². The molecule has 1 fully saturated rings. The van der Waals surface area contributed by atoms with Crippen molar-refractivity contribution in [1.29, 1.82) is 0 Å². The first kappa shape index (κ1) is 14.5. The van der Waals surface area contributed by atoms with Gasteiger partial charge >= 0.3 is 5.97 Å². The lowest BCUT2D eigenvalue weighted by atomic mass is 9.97. The number of rotatable bonds is 4. The summed E-state index contributed by atoms with van der Waals surface area (Å²) in [5, 5.41) is 0. The van der Waals surface area contributed by atoms with Gasteiger partial charge in [-0.2, -0.15) is 0 Å². The molecule has 2 rings (SSSR count). The summed E-state index contributed by atoms with van der Waals surface area (Å²) in [6.45, 7) is 2.46. The zero-order valence-electron chi connectivity index (χ0n) is 11.7. The molecule has 1 aliphatic heterocycles. The molecule has 2 N–H and O–H groups in total. The monoisotopic (exact) mass is 276 g/mol. The second-order valence-corrected chi connectivity index (χ2v) is 5.17. The Morgan fingerprint density at radius 3 is 2.65 bits per heavy atom. The SMILES string of the molecule is COC(=O)c1ccc(CN2CCC[C@@H](C(N)=O)C2)cc1. The number of amides is 1. The molecule has 108 valence electrons. The van der Waals surface area contributed by atoms with Crippen LogP contribution in [0.1, 0.15) is 28.8 Å². The third kappa shape index (κ3) is 3.57. The number of primary amides is 1. The lowest BCUT2D eigenvalue weighted by Crippen LogP contribution is -2.40. The molecule has 1 heterocycles. The number of carbonyl (C=O) groups excluding carboxylic acids is 2. The molecule has 0 spiro atoms. The second kappa shape index (κ2) is 6.52. The maximum absolute atomic E-state index is 11.3. The number of nitrogens with zero attached hydrogens (tertiary/aromatic N) is 1. The molecular formula is C15H20N2O3. The van der Waals surface area contributed by atoms with E-state index in [1.807, 2.05) is 12.1 Å². The number of benzene rings is 1. The standard InChI is InChI=1S/C15H20N2O3/c1-20-15(19)12-6-4-11(5-7-12)9-17-8-2-3-13(10-17)14(16)18/h4-7,13H,2-3,8-10H2,1H3,(H2,16,18)/t13-/m1/s1. The van der Waals surface area contributed by atoms with Gasteiger partial charge in [0.1, 0.15) is 0 Å². The van der Waals surface area contributed by atoms with Gasteiger partial charge in [-0.3, -0.25) is 9.69 Å². The van der Waals surface area contributed by atoms with E-state index in [1.165, 1.54) is 7.11 Å². The molecule has 1 aromatic carbocycles. The van der Waals surface area contributed by atoms with Crippen molar-refractivity contribution in [3.63, 3.8) is 0 Å². The third-order valence-corrected chi connectivity index (χ3v) is 3.69. The first-order valence-electron chi connectivity index (χ1n) is 6.79. The van der Waals surface area contributed by atoms with Gasteiger partial charge < -0.3 is 10.5 Å². The van der Waals surface area contributed by atoms with Gasteiger partial charge in [-0.25, -0.2) is 4.79 Å². The van der Waals surface area contributed by atoms with E-state index >= 15 is 0 Å². The molecule has 5 nitrogen and oxygen atoms in total. The number of hydrogen-bond acceptors (Lipinski definition) is 4. The maximum Gasteiger partial charge on any atom is 0.337 e. The molecule has 20 heavy (non-hydrogen) atoms. The normalized spacial score (nSPS) is 19.6. The van der Waals surface area contributed by atoms with Crippen LogP contribution in [0, 0.1) is 5.92 Å². The van der Waals surface area contributed by atoms with Crippen molar-refractivity contribution in [3.8, 4) is 0 Å². The first-order chi connectivity index (χ1) is 9.60. The summed E-state index contributed by atoms with van der Waals surface area (Å²) in [5.74, 6) is -0.586. The molecule has 5 heteroatoms. The summed E-state index contributed by atoms with van der Waals surface area (Å²) in [5.41, 5.74) is 7.03. The highest BCUT2D eigenvalue weighted by molar-refractivity contribution is 5.89. The average Bonchev–Trinajstić information content (AvgIpc) is 2.47. The van der Waals surface area contributed by atoms with E-state index in [-0.39, 0.29) is 17.8 Å². The highest BCUT2D eigenvalue weighted by Gasteiger charge is 2.23. The zero-order chi connectivity index (χ0) is 14.5. The quantitative estimate of drug-likeness (QED) is 0.838. The van der Waals surface area contributed by atoms with Gasteiger partial charge in [0.05, 0.1) is 18.6 Å². The highest BCUT2D eigenvalue weighted by Crippen LogP contribution is 2.18. The number of ether oxygens (including phenoxy) is 1. The van der Waals surface area contributed by atoms with Crippen molar-refractivity contribution in [3.05, 3.63) is 35.4 Å². The molecule has 1 aliphatic rings. The van der Waals surface area contributed by atoms with Gasteiger partial charge in [-0.1, -0.05) is 12.1 Å². The molecule has 1 saturated heterocycles. The Bertz CT molecular complexity index is 484. The summed E-state index contributed by atoms with van der Waals surface area (Å²) in [7, 11) is 1.37. The Balaban J connectivity index is 1.96. The number of nitrogens with two attached hydrogens (primary N) is 1. The van der Waals surface area contributed by atoms with Crippen LogP contribution in [0.15, 0.2) is 24.3 Å². The van der Waals surface area contributed by atoms with Crippen LogP contribution in [0.25, 0.3) is 0 Å². The van der Waals surface area contributed by atoms with Gasteiger partial charge in [0.2, 0.25) is 5.91 Å². The van der Waals surface area contributed by atoms with Crippen LogP contribution in [0.3, 0.4) is 0 Å². The summed E-state index contributed by atoms with van der Waals surface area (Å²) in [6.07, 6.45) is 1.88. The predicted molar refractivity (Wildman–Crippen MR) is 75.0 cm³/mol. The maximum atomic E-state index is 11.3. The Morgan fingerprint density at radius 1 is 1.35 bits per heavy atom. The number of hydrogen-bond donors (Lipinski definition) is 1. The molecule has 0 radical (unpaired) electrons. The molecule has 0 bridgehead atoms. The molecule has 0 aliphatic carbocycles. The zero-order valence-corrected chi connectivity index (χ0v) is 11.7. The summed E-state index contributed by atoms with van der Waals surface area (Å²) >= 11 is 0. The average molecular weight is 276 g/mol. The molecule has 1 atom stereocenters. The number of esters is 1. The largest absolute Gasteiger partial charge is 0.465 e. The summed E-state index contributed by atoms with van der Waals surface area (Å²) in [4.78, 5) is 24.8. The lowest BCUT2D eigenvalue weighted by molar-refractivity contribution is -0.123. The van der Waals surface area contributed by atoms with Crippen LogP contribution in [-0.2, 0) is 16.1 Å². The van der Waals surface area contributed by atoms with E-state index < -0.39 is 0 Å². The Hall–Kier alpha value is -1.88. The Labute approximate surface area is 118 Å². The van der Waals surface area contributed by atoms with Crippen molar-refractivity contribution in [2.45, 2.75) is 19.4 Å². The van der Waals surface area contributed by atoms with Crippen LogP contribution < -0.4 is 5.73 Å². The van der Waals surface area contributed by atoms with E-state index in [2.05, 4.69) is 9.64 Å². The number of methoxy groups -OCH3 is 1. The van der Waals surface area contributed by atoms with Crippen molar-refractivity contribution < 1.29 is 14.3 Å². The molecule has 0 saturated carbocycles. The molecule has 0 unspecified atom stereocenters. The van der Waals surface area contributed by atoms with E-state index in [0.29, 0.717) is 12.1 Å². The van der Waals surface area contributed by atoms with E-state index in [9.17, 15) is 9.59 Å². The van der Waals surface area contributed by atoms with Crippen LogP contribution in [0.2, 0.25) is 0 Å². The minimum absolute atomic E-state index is 0.0434. The van der Waals surface area contributed by atoms with Crippen LogP contribution in [0.5, 0.6) is 0 Å². The summed E-state index contributed by atoms with van der Waals surface area (Å²) in [6, 6.07) is 7.35. The van der Waals surface area contributed by atoms with Gasteiger partial charge in [0.25, 0.3) is 0 Å². The number of likely N-dealkylation sites (tertiary alicyclic amines) is 1. The van der Waals surface area contributed by atoms with E-state index in [0.717, 1.165) is 31.5 Å². The van der Waals surface area contributed by atoms with Gasteiger partial charge in [-0.15, -0.1) is 0 Å². The van der Waals surface area contributed by atoms with Gasteiger partial charge in [0, 0.05) is 13.1 Å². The van der Waals surface area contributed by atoms with Crippen molar-refractivity contribution in [2.24, 2.45) is 11.7 Å². The first-order valence-corrected chi connectivity index (χ1v) is 6.79. The minimum atomic E-state index is -0.330. The molecule has 1 amide bonds. The lowest BCUT2D eigenvalue weighted by Gasteiger charge is -2.31. The van der Waals surface area contributed by atoms with Gasteiger partial charge in [0.15, 0.2) is 0 Å². The number of carbonyl (C=O) groups is 2. The molecule has 0 aromatic heterocycles. The Kier molecular flexibility index (Phi) is 4.74. The number of piperidine rings is 1. The van der Waals surface area contributed by atoms with Crippen molar-refractivity contribution >= 4 is 11.9 Å². The van der Waals surface area contributed by atoms with E-state index in [4.69, 9.17) is 5.73 Å². The van der Waals surface area contributed by atoms with Crippen molar-refractivity contribution in [1.82, 2.24) is 4.90 Å². The van der Waals surface area contributed by atoms with Crippen molar-refractivity contribution in [2.75, 3.05) is 20.2 Å². The third-order valence-electron chi connectivity index (χ3n) is 3.69. The fraction of sp³-hybridized carbons (Fsp3) is 0.467. The highest BCUT2D eigenvalue weighted by atomic mass is 16.5. The fourth-order valence-electron chi connectivity index (χ4n) is 2.55. The second-order valence-electron chi connectivity index (χ2n) is 5.17.